The number of aromatic nitrogens is 2. The highest BCUT2D eigenvalue weighted by molar-refractivity contribution is 7.99. The molecule has 1 aromatic heterocycles. The first-order valence-corrected chi connectivity index (χ1v) is 13.9. The molecular weight excluding hydrogens is 504 g/mol. The number of thioether (sulfide) groups is 1. The summed E-state index contributed by atoms with van der Waals surface area (Å²) in [6.45, 7) is 4.76. The molecule has 204 valence electrons. The van der Waals surface area contributed by atoms with Gasteiger partial charge in [0, 0.05) is 17.9 Å². The van der Waals surface area contributed by atoms with Crippen molar-refractivity contribution in [2.45, 2.75) is 69.3 Å². The van der Waals surface area contributed by atoms with E-state index in [9.17, 15) is 14.4 Å². The van der Waals surface area contributed by atoms with Crippen LogP contribution in [0.1, 0.15) is 79.0 Å². The summed E-state index contributed by atoms with van der Waals surface area (Å²) in [6.07, 6.45) is 4.65. The zero-order valence-corrected chi connectivity index (χ0v) is 23.3. The number of carbonyl (C=O) groups is 3. The Morgan fingerprint density at radius 2 is 1.87 bits per heavy atom. The highest BCUT2D eigenvalue weighted by atomic mass is 32.2. The molecule has 2 amide bonds. The molecule has 1 fully saturated rings. The van der Waals surface area contributed by atoms with Gasteiger partial charge in [0.1, 0.15) is 11.7 Å². The maximum atomic E-state index is 13.7. The number of amides is 2. The number of rotatable bonds is 13. The standard InChI is InChI=1S/C27H36N6O4S/c1-19(2)16-22(23(35)25-30-31-26(37-25)38-15-14-32(3)4)33(18-34)27(12-6-5-7-13-27)29-24(36)21-10-8-20(17-28)9-11-21/h8-11,18-19,22H,5-7,12-16H2,1-4H3,(H,29,36). The van der Waals surface area contributed by atoms with E-state index in [2.05, 4.69) is 15.5 Å². The Bertz CT molecular complexity index is 1140. The Labute approximate surface area is 228 Å². The second-order valence-electron chi connectivity index (χ2n) is 10.3. The predicted octanol–water partition coefficient (Wildman–Crippen LogP) is 3.74. The van der Waals surface area contributed by atoms with E-state index >= 15 is 0 Å². The highest BCUT2D eigenvalue weighted by Crippen LogP contribution is 2.35. The second kappa shape index (κ2) is 13.5. The van der Waals surface area contributed by atoms with Gasteiger partial charge in [0.25, 0.3) is 17.0 Å². The Balaban J connectivity index is 1.89. The van der Waals surface area contributed by atoms with E-state index in [0.29, 0.717) is 42.0 Å². The largest absolute Gasteiger partial charge is 0.408 e. The van der Waals surface area contributed by atoms with Gasteiger partial charge in [-0.05, 0) is 76.4 Å². The van der Waals surface area contributed by atoms with Gasteiger partial charge in [0.15, 0.2) is 0 Å². The van der Waals surface area contributed by atoms with Crippen LogP contribution in [0.15, 0.2) is 33.9 Å². The minimum atomic E-state index is -1.04. The van der Waals surface area contributed by atoms with Gasteiger partial charge in [-0.1, -0.05) is 32.0 Å². The van der Waals surface area contributed by atoms with Gasteiger partial charge in [0.2, 0.25) is 12.2 Å². The summed E-state index contributed by atoms with van der Waals surface area (Å²) in [5.41, 5.74) is -0.212. The molecule has 1 heterocycles. The molecular formula is C27H36N6O4S. The summed E-state index contributed by atoms with van der Waals surface area (Å²) in [7, 11) is 3.93. The van der Waals surface area contributed by atoms with Crippen LogP contribution in [0.3, 0.4) is 0 Å². The minimum absolute atomic E-state index is 0.0816. The number of carbonyl (C=O) groups excluding carboxylic acids is 3. The van der Waals surface area contributed by atoms with Crippen LogP contribution in [0, 0.1) is 17.2 Å². The van der Waals surface area contributed by atoms with Crippen molar-refractivity contribution in [3.8, 4) is 6.07 Å². The van der Waals surface area contributed by atoms with Crippen LogP contribution >= 0.6 is 11.8 Å². The monoisotopic (exact) mass is 540 g/mol. The molecule has 1 unspecified atom stereocenters. The molecule has 11 heteroatoms. The topological polar surface area (TPSA) is 132 Å². The molecule has 0 bridgehead atoms. The quantitative estimate of drug-likeness (QED) is 0.175. The van der Waals surface area contributed by atoms with Gasteiger partial charge in [-0.3, -0.25) is 14.4 Å². The van der Waals surface area contributed by atoms with Crippen LogP contribution in [0.5, 0.6) is 0 Å². The number of hydrogen-bond acceptors (Lipinski definition) is 9. The number of ketones is 1. The molecule has 1 atom stereocenters. The van der Waals surface area contributed by atoms with Crippen LogP contribution in [0.4, 0.5) is 0 Å². The molecule has 1 aromatic carbocycles. The first-order chi connectivity index (χ1) is 18.2. The molecule has 10 nitrogen and oxygen atoms in total. The van der Waals surface area contributed by atoms with Crippen molar-refractivity contribution in [2.24, 2.45) is 5.92 Å². The molecule has 1 N–H and O–H groups in total. The summed E-state index contributed by atoms with van der Waals surface area (Å²) >= 11 is 1.37. The summed E-state index contributed by atoms with van der Waals surface area (Å²) in [4.78, 5) is 43.2. The molecule has 1 aliphatic carbocycles. The van der Waals surface area contributed by atoms with Gasteiger partial charge in [0.05, 0.1) is 11.6 Å². The summed E-state index contributed by atoms with van der Waals surface area (Å²) in [6, 6.07) is 7.48. The molecule has 38 heavy (non-hydrogen) atoms. The van der Waals surface area contributed by atoms with Crippen LogP contribution in [0.25, 0.3) is 0 Å². The summed E-state index contributed by atoms with van der Waals surface area (Å²) in [5, 5.41) is 20.5. The third kappa shape index (κ3) is 7.42. The van der Waals surface area contributed by atoms with E-state index in [1.165, 1.54) is 16.7 Å². The number of nitrogens with zero attached hydrogens (tertiary/aromatic N) is 5. The highest BCUT2D eigenvalue weighted by Gasteiger charge is 2.45. The average molecular weight is 541 g/mol. The van der Waals surface area contributed by atoms with Crippen molar-refractivity contribution in [1.82, 2.24) is 25.3 Å². The first kappa shape index (κ1) is 29.3. The van der Waals surface area contributed by atoms with Gasteiger partial charge in [-0.2, -0.15) is 5.26 Å². The second-order valence-corrected chi connectivity index (χ2v) is 11.3. The summed E-state index contributed by atoms with van der Waals surface area (Å²) in [5.74, 6) is -0.132. The molecule has 0 radical (unpaired) electrons. The maximum Gasteiger partial charge on any atom is 0.286 e. The molecule has 0 aliphatic heterocycles. The fourth-order valence-corrected chi connectivity index (χ4v) is 5.52. The van der Waals surface area contributed by atoms with Crippen molar-refractivity contribution in [2.75, 3.05) is 26.4 Å². The third-order valence-corrected chi connectivity index (χ3v) is 7.42. The van der Waals surface area contributed by atoms with Crippen LogP contribution in [-0.4, -0.2) is 76.2 Å². The Morgan fingerprint density at radius 1 is 1.18 bits per heavy atom. The zero-order valence-electron chi connectivity index (χ0n) is 22.5. The van der Waals surface area contributed by atoms with Crippen molar-refractivity contribution < 1.29 is 18.8 Å². The van der Waals surface area contributed by atoms with Crippen LogP contribution in [-0.2, 0) is 4.79 Å². The molecule has 1 saturated carbocycles. The first-order valence-electron chi connectivity index (χ1n) is 12.9. The molecule has 2 aromatic rings. The summed E-state index contributed by atoms with van der Waals surface area (Å²) < 4.78 is 5.69. The number of benzene rings is 1. The molecule has 1 aliphatic rings. The number of nitrogens with one attached hydrogen (secondary N) is 1. The van der Waals surface area contributed by atoms with Gasteiger partial charge < -0.3 is 19.5 Å². The van der Waals surface area contributed by atoms with Crippen LogP contribution in [0.2, 0.25) is 0 Å². The van der Waals surface area contributed by atoms with E-state index in [-0.39, 0.29) is 17.7 Å². The fraction of sp³-hybridized carbons (Fsp3) is 0.556. The van der Waals surface area contributed by atoms with E-state index in [1.807, 2.05) is 38.9 Å². The van der Waals surface area contributed by atoms with E-state index in [1.54, 1.807) is 24.3 Å². The SMILES string of the molecule is CC(C)CC(C(=O)c1nnc(SCCN(C)C)o1)N(C=O)C1(NC(=O)c2ccc(C#N)cc2)CCCCC1. The predicted molar refractivity (Wildman–Crippen MR) is 143 cm³/mol. The lowest BCUT2D eigenvalue weighted by molar-refractivity contribution is -0.129. The van der Waals surface area contributed by atoms with E-state index in [4.69, 9.17) is 9.68 Å². The van der Waals surface area contributed by atoms with Crippen molar-refractivity contribution in [3.05, 3.63) is 41.3 Å². The smallest absolute Gasteiger partial charge is 0.286 e. The lowest BCUT2D eigenvalue weighted by Crippen LogP contribution is -2.65. The number of nitriles is 1. The van der Waals surface area contributed by atoms with Gasteiger partial charge in [-0.25, -0.2) is 0 Å². The van der Waals surface area contributed by atoms with Crippen molar-refractivity contribution in [3.63, 3.8) is 0 Å². The zero-order chi connectivity index (χ0) is 27.7. The van der Waals surface area contributed by atoms with E-state index < -0.39 is 17.5 Å². The normalized spacial score (nSPS) is 15.6. The number of Topliss-reactive ketones (excluding diaryl/α,β-unsaturated/α-hetero) is 1. The Hall–Kier alpha value is -3.23. The maximum absolute atomic E-state index is 13.7. The minimum Gasteiger partial charge on any atom is -0.408 e. The lowest BCUT2D eigenvalue weighted by Gasteiger charge is -2.48. The lowest BCUT2D eigenvalue weighted by atomic mass is 9.84. The fourth-order valence-electron chi connectivity index (χ4n) is 4.66. The Kier molecular flexibility index (Phi) is 10.4. The van der Waals surface area contributed by atoms with Gasteiger partial charge in [-0.15, -0.1) is 10.2 Å². The third-order valence-electron chi connectivity index (χ3n) is 6.63. The number of hydrogen-bond donors (Lipinski definition) is 1. The Morgan fingerprint density at radius 3 is 2.45 bits per heavy atom. The molecule has 0 saturated heterocycles. The van der Waals surface area contributed by atoms with E-state index in [0.717, 1.165) is 31.6 Å². The molecule has 3 rings (SSSR count). The molecule has 0 spiro atoms. The van der Waals surface area contributed by atoms with Gasteiger partial charge >= 0.3 is 0 Å². The van der Waals surface area contributed by atoms with Crippen LogP contribution < -0.4 is 5.32 Å². The van der Waals surface area contributed by atoms with Crippen molar-refractivity contribution >= 4 is 29.9 Å². The van der Waals surface area contributed by atoms with Crippen molar-refractivity contribution in [1.29, 1.82) is 5.26 Å². The average Bonchev–Trinajstić information content (AvgIpc) is 3.37.